The molecule has 18 heavy (non-hydrogen) atoms. The van der Waals surface area contributed by atoms with E-state index in [2.05, 4.69) is 0 Å². The van der Waals surface area contributed by atoms with Crippen LogP contribution in [0.2, 0.25) is 0 Å². The summed E-state index contributed by atoms with van der Waals surface area (Å²) < 4.78 is 5.18. The molecule has 3 heteroatoms. The number of ether oxygens (including phenoxy) is 1. The third-order valence-corrected chi connectivity index (χ3v) is 2.89. The topological polar surface area (TPSA) is 55.5 Å². The van der Waals surface area contributed by atoms with Gasteiger partial charge < -0.3 is 15.6 Å². The van der Waals surface area contributed by atoms with Crippen LogP contribution in [0.4, 0.5) is 0 Å². The number of rotatable bonds is 4. The first-order valence-corrected chi connectivity index (χ1v) is 5.86. The minimum atomic E-state index is -0.109. The molecule has 94 valence electrons. The van der Waals surface area contributed by atoms with E-state index in [1.807, 2.05) is 36.4 Å². The van der Waals surface area contributed by atoms with Crippen molar-refractivity contribution in [3.8, 4) is 11.5 Å². The van der Waals surface area contributed by atoms with Gasteiger partial charge in [0.2, 0.25) is 0 Å². The molecular weight excluding hydrogens is 226 g/mol. The van der Waals surface area contributed by atoms with Gasteiger partial charge in [-0.15, -0.1) is 0 Å². The fourth-order valence-electron chi connectivity index (χ4n) is 1.93. The molecule has 0 amide bonds. The van der Waals surface area contributed by atoms with Crippen molar-refractivity contribution in [3.63, 3.8) is 0 Å². The number of benzene rings is 2. The highest BCUT2D eigenvalue weighted by atomic mass is 16.5. The van der Waals surface area contributed by atoms with E-state index in [4.69, 9.17) is 10.5 Å². The molecule has 0 saturated carbocycles. The maximum Gasteiger partial charge on any atom is 0.119 e. The Morgan fingerprint density at radius 2 is 1.94 bits per heavy atom. The molecule has 0 aliphatic carbocycles. The van der Waals surface area contributed by atoms with Crippen LogP contribution in [-0.4, -0.2) is 12.2 Å². The molecule has 0 aromatic heterocycles. The molecule has 0 aliphatic heterocycles. The van der Waals surface area contributed by atoms with E-state index in [-0.39, 0.29) is 11.8 Å². The zero-order chi connectivity index (χ0) is 13.0. The second kappa shape index (κ2) is 5.56. The lowest BCUT2D eigenvalue weighted by Crippen LogP contribution is -2.13. The summed E-state index contributed by atoms with van der Waals surface area (Å²) in [6.07, 6.45) is 0.682. The number of methoxy groups -OCH3 is 1. The van der Waals surface area contributed by atoms with Gasteiger partial charge in [0.25, 0.3) is 0 Å². The van der Waals surface area contributed by atoms with Crippen LogP contribution in [0.1, 0.15) is 17.2 Å². The van der Waals surface area contributed by atoms with E-state index in [0.717, 1.165) is 16.9 Å². The van der Waals surface area contributed by atoms with Crippen LogP contribution < -0.4 is 10.5 Å². The van der Waals surface area contributed by atoms with Crippen LogP contribution in [0, 0.1) is 0 Å². The molecule has 0 radical (unpaired) electrons. The summed E-state index contributed by atoms with van der Waals surface area (Å²) in [5.74, 6) is 1.07. The summed E-state index contributed by atoms with van der Waals surface area (Å²) in [5.41, 5.74) is 8.21. The van der Waals surface area contributed by atoms with Gasteiger partial charge in [-0.2, -0.15) is 0 Å². The Kier molecular flexibility index (Phi) is 3.85. The number of nitrogens with two attached hydrogens (primary N) is 1. The van der Waals surface area contributed by atoms with E-state index in [1.165, 1.54) is 0 Å². The van der Waals surface area contributed by atoms with Crippen molar-refractivity contribution in [3.05, 3.63) is 59.7 Å². The van der Waals surface area contributed by atoms with E-state index >= 15 is 0 Å². The molecule has 0 saturated heterocycles. The number of aromatic hydroxyl groups is 1. The standard InChI is InChI=1S/C15H17NO2/c1-18-14-7-3-5-12(10-14)15(16)9-11-4-2-6-13(17)8-11/h2-8,10,15,17H,9,16H2,1H3. The van der Waals surface area contributed by atoms with Crippen molar-refractivity contribution >= 4 is 0 Å². The normalized spacial score (nSPS) is 12.1. The molecule has 1 atom stereocenters. The molecule has 2 aromatic rings. The van der Waals surface area contributed by atoms with Crippen molar-refractivity contribution in [1.29, 1.82) is 0 Å². The Balaban J connectivity index is 2.13. The predicted octanol–water partition coefficient (Wildman–Crippen LogP) is 2.64. The summed E-state index contributed by atoms with van der Waals surface area (Å²) in [6, 6.07) is 14.8. The SMILES string of the molecule is COc1cccc(C(N)Cc2cccc(O)c2)c1. The molecule has 0 bridgehead atoms. The third-order valence-electron chi connectivity index (χ3n) is 2.89. The smallest absolute Gasteiger partial charge is 0.119 e. The Bertz CT molecular complexity index is 525. The molecule has 3 nitrogen and oxygen atoms in total. The van der Waals surface area contributed by atoms with Gasteiger partial charge in [0.05, 0.1) is 7.11 Å². The molecule has 3 N–H and O–H groups in total. The highest BCUT2D eigenvalue weighted by Gasteiger charge is 2.08. The van der Waals surface area contributed by atoms with Crippen LogP contribution in [-0.2, 0) is 6.42 Å². The van der Waals surface area contributed by atoms with Gasteiger partial charge in [0, 0.05) is 6.04 Å². The Morgan fingerprint density at radius 1 is 1.17 bits per heavy atom. The van der Waals surface area contributed by atoms with Crippen molar-refractivity contribution in [1.82, 2.24) is 0 Å². The average Bonchev–Trinajstić information content (AvgIpc) is 2.39. The minimum Gasteiger partial charge on any atom is -0.508 e. The summed E-state index contributed by atoms with van der Waals surface area (Å²) in [6.45, 7) is 0. The monoisotopic (exact) mass is 243 g/mol. The second-order valence-corrected chi connectivity index (χ2v) is 4.26. The lowest BCUT2D eigenvalue weighted by Gasteiger charge is -2.13. The van der Waals surface area contributed by atoms with Gasteiger partial charge in [-0.1, -0.05) is 24.3 Å². The average molecular weight is 243 g/mol. The van der Waals surface area contributed by atoms with Crippen molar-refractivity contribution in [2.75, 3.05) is 7.11 Å². The molecule has 0 fully saturated rings. The minimum absolute atomic E-state index is 0.109. The van der Waals surface area contributed by atoms with Gasteiger partial charge in [-0.3, -0.25) is 0 Å². The van der Waals surface area contributed by atoms with Crippen LogP contribution in [0.5, 0.6) is 11.5 Å². The van der Waals surface area contributed by atoms with Crippen molar-refractivity contribution in [2.45, 2.75) is 12.5 Å². The molecule has 2 aromatic carbocycles. The second-order valence-electron chi connectivity index (χ2n) is 4.26. The Labute approximate surface area is 107 Å². The van der Waals surface area contributed by atoms with Crippen molar-refractivity contribution < 1.29 is 9.84 Å². The fraction of sp³-hybridized carbons (Fsp3) is 0.200. The maximum atomic E-state index is 9.42. The molecule has 0 spiro atoms. The van der Waals surface area contributed by atoms with Crippen LogP contribution in [0.3, 0.4) is 0 Å². The van der Waals surface area contributed by atoms with Crippen LogP contribution >= 0.6 is 0 Å². The van der Waals surface area contributed by atoms with E-state index in [9.17, 15) is 5.11 Å². The van der Waals surface area contributed by atoms with Crippen LogP contribution in [0.15, 0.2) is 48.5 Å². The van der Waals surface area contributed by atoms with E-state index in [1.54, 1.807) is 19.2 Å². The third kappa shape index (κ3) is 3.02. The lowest BCUT2D eigenvalue weighted by molar-refractivity contribution is 0.413. The highest BCUT2D eigenvalue weighted by Crippen LogP contribution is 2.22. The number of hydrogen-bond donors (Lipinski definition) is 2. The maximum absolute atomic E-state index is 9.42. The molecule has 1 unspecified atom stereocenters. The molecule has 0 aliphatic rings. The summed E-state index contributed by atoms with van der Waals surface area (Å²) in [7, 11) is 1.64. The van der Waals surface area contributed by atoms with E-state index < -0.39 is 0 Å². The van der Waals surface area contributed by atoms with Gasteiger partial charge in [-0.25, -0.2) is 0 Å². The van der Waals surface area contributed by atoms with E-state index in [0.29, 0.717) is 6.42 Å². The quantitative estimate of drug-likeness (QED) is 0.868. The van der Waals surface area contributed by atoms with Gasteiger partial charge in [-0.05, 0) is 41.8 Å². The fourth-order valence-corrected chi connectivity index (χ4v) is 1.93. The summed E-state index contributed by atoms with van der Waals surface area (Å²) in [5, 5.41) is 9.42. The highest BCUT2D eigenvalue weighted by molar-refractivity contribution is 5.33. The van der Waals surface area contributed by atoms with Crippen LogP contribution in [0.25, 0.3) is 0 Å². The number of hydrogen-bond acceptors (Lipinski definition) is 3. The summed E-state index contributed by atoms with van der Waals surface area (Å²) >= 11 is 0. The van der Waals surface area contributed by atoms with Gasteiger partial charge in [0.1, 0.15) is 11.5 Å². The first-order chi connectivity index (χ1) is 8.69. The summed E-state index contributed by atoms with van der Waals surface area (Å²) in [4.78, 5) is 0. The Hall–Kier alpha value is -2.00. The Morgan fingerprint density at radius 3 is 2.67 bits per heavy atom. The number of phenols is 1. The van der Waals surface area contributed by atoms with Gasteiger partial charge in [0.15, 0.2) is 0 Å². The molecule has 2 rings (SSSR count). The van der Waals surface area contributed by atoms with Crippen molar-refractivity contribution in [2.24, 2.45) is 5.73 Å². The first kappa shape index (κ1) is 12.5. The van der Waals surface area contributed by atoms with Gasteiger partial charge >= 0.3 is 0 Å². The largest absolute Gasteiger partial charge is 0.508 e. The number of phenolic OH excluding ortho intramolecular Hbond substituents is 1. The zero-order valence-corrected chi connectivity index (χ0v) is 10.3. The zero-order valence-electron chi connectivity index (χ0n) is 10.3. The molecular formula is C15H17NO2. The molecule has 0 heterocycles. The first-order valence-electron chi connectivity index (χ1n) is 5.86. The lowest BCUT2D eigenvalue weighted by atomic mass is 9.99. The predicted molar refractivity (Wildman–Crippen MR) is 71.7 cm³/mol.